The third kappa shape index (κ3) is 1.10. The number of aldehydes is 2. The van der Waals surface area contributed by atoms with Gasteiger partial charge in [-0.2, -0.15) is 0 Å². The van der Waals surface area contributed by atoms with Crippen LogP contribution < -0.4 is 0 Å². The van der Waals surface area contributed by atoms with Crippen LogP contribution in [0.25, 0.3) is 0 Å². The number of carbonyl (C=O) groups is 3. The molecule has 4 atom stereocenters. The van der Waals surface area contributed by atoms with Crippen molar-refractivity contribution in [3.8, 4) is 0 Å². The lowest BCUT2D eigenvalue weighted by Crippen LogP contribution is -2.22. The van der Waals surface area contributed by atoms with Gasteiger partial charge in [-0.05, 0) is 24.7 Å². The highest BCUT2D eigenvalue weighted by Crippen LogP contribution is 2.64. The molecule has 0 spiro atoms. The molecule has 0 aromatic carbocycles. The lowest BCUT2D eigenvalue weighted by molar-refractivity contribution is -0.149. The third-order valence-corrected chi connectivity index (χ3v) is 3.42. The molecule has 0 saturated heterocycles. The van der Waals surface area contributed by atoms with E-state index in [1.807, 2.05) is 0 Å². The van der Waals surface area contributed by atoms with Crippen LogP contribution in [0.5, 0.6) is 0 Å². The fourth-order valence-corrected chi connectivity index (χ4v) is 2.30. The highest BCUT2D eigenvalue weighted by atomic mass is 16.5. The van der Waals surface area contributed by atoms with Crippen molar-refractivity contribution in [1.82, 2.24) is 0 Å². The van der Waals surface area contributed by atoms with Crippen LogP contribution in [-0.2, 0) is 19.1 Å². The maximum absolute atomic E-state index is 11.3. The average molecular weight is 196 g/mol. The first kappa shape index (κ1) is 9.37. The van der Waals surface area contributed by atoms with Gasteiger partial charge >= 0.3 is 5.97 Å². The van der Waals surface area contributed by atoms with Gasteiger partial charge < -0.3 is 14.3 Å². The van der Waals surface area contributed by atoms with Crippen molar-refractivity contribution >= 4 is 18.5 Å². The predicted molar refractivity (Wildman–Crippen MR) is 46.3 cm³/mol. The molecule has 0 unspecified atom stereocenters. The zero-order valence-electron chi connectivity index (χ0n) is 7.93. The van der Waals surface area contributed by atoms with Crippen LogP contribution in [0, 0.1) is 23.2 Å². The smallest absolute Gasteiger partial charge is 0.319 e. The van der Waals surface area contributed by atoms with Crippen molar-refractivity contribution in [2.24, 2.45) is 23.2 Å². The molecule has 76 valence electrons. The number of hydrogen-bond acceptors (Lipinski definition) is 4. The predicted octanol–water partition coefficient (Wildman–Crippen LogP) is 0.200. The van der Waals surface area contributed by atoms with Gasteiger partial charge in [0, 0.05) is 5.92 Å². The molecule has 0 aromatic rings. The van der Waals surface area contributed by atoms with Crippen molar-refractivity contribution in [3.05, 3.63) is 0 Å². The van der Waals surface area contributed by atoms with Gasteiger partial charge in [0.2, 0.25) is 0 Å². The number of ether oxygens (including phenoxy) is 1. The van der Waals surface area contributed by atoms with Crippen molar-refractivity contribution in [3.63, 3.8) is 0 Å². The second-order valence-electron chi connectivity index (χ2n) is 4.16. The van der Waals surface area contributed by atoms with E-state index in [0.29, 0.717) is 12.7 Å². The van der Waals surface area contributed by atoms with E-state index < -0.39 is 11.4 Å². The number of esters is 1. The fourth-order valence-electron chi connectivity index (χ4n) is 2.30. The van der Waals surface area contributed by atoms with E-state index in [2.05, 4.69) is 4.74 Å². The van der Waals surface area contributed by atoms with Crippen molar-refractivity contribution in [2.75, 3.05) is 7.11 Å². The second-order valence-corrected chi connectivity index (χ2v) is 4.16. The van der Waals surface area contributed by atoms with E-state index in [1.165, 1.54) is 7.11 Å². The van der Waals surface area contributed by atoms with E-state index in [1.54, 1.807) is 0 Å². The molecular weight excluding hydrogens is 184 g/mol. The molecule has 0 bridgehead atoms. The summed E-state index contributed by atoms with van der Waals surface area (Å²) in [7, 11) is 1.28. The lowest BCUT2D eigenvalue weighted by Gasteiger charge is -2.05. The lowest BCUT2D eigenvalue weighted by atomic mass is 10.0. The zero-order chi connectivity index (χ0) is 10.3. The van der Waals surface area contributed by atoms with Crippen molar-refractivity contribution in [2.45, 2.75) is 12.8 Å². The van der Waals surface area contributed by atoms with Gasteiger partial charge in [0.25, 0.3) is 0 Å². The van der Waals surface area contributed by atoms with Crippen LogP contribution >= 0.6 is 0 Å². The highest BCUT2D eigenvalue weighted by Gasteiger charge is 2.68. The van der Waals surface area contributed by atoms with Crippen LogP contribution in [0.3, 0.4) is 0 Å². The molecule has 0 N–H and O–H groups in total. The maximum Gasteiger partial charge on any atom is 0.319 e. The SMILES string of the molecule is COC(=O)[C@@]1(C=O)C[C@@H]1[C@H]1C[C@H]1C=O. The molecule has 4 heteroatoms. The van der Waals surface area contributed by atoms with Gasteiger partial charge in [0.15, 0.2) is 0 Å². The molecule has 0 aromatic heterocycles. The maximum atomic E-state index is 11.3. The van der Waals surface area contributed by atoms with E-state index in [-0.39, 0.29) is 17.8 Å². The summed E-state index contributed by atoms with van der Waals surface area (Å²) in [5.74, 6) is -0.111. The summed E-state index contributed by atoms with van der Waals surface area (Å²) < 4.78 is 4.59. The summed E-state index contributed by atoms with van der Waals surface area (Å²) in [5.41, 5.74) is -0.919. The van der Waals surface area contributed by atoms with Gasteiger partial charge in [-0.3, -0.25) is 4.79 Å². The van der Waals surface area contributed by atoms with Gasteiger partial charge in [-0.25, -0.2) is 0 Å². The minimum absolute atomic E-state index is 0.0441. The summed E-state index contributed by atoms with van der Waals surface area (Å²) in [6.45, 7) is 0. The van der Waals surface area contributed by atoms with E-state index in [9.17, 15) is 14.4 Å². The third-order valence-electron chi connectivity index (χ3n) is 3.42. The summed E-state index contributed by atoms with van der Waals surface area (Å²) in [6, 6.07) is 0. The van der Waals surface area contributed by atoms with Gasteiger partial charge in [-0.1, -0.05) is 0 Å². The van der Waals surface area contributed by atoms with Gasteiger partial charge in [-0.15, -0.1) is 0 Å². The Morgan fingerprint density at radius 3 is 2.64 bits per heavy atom. The zero-order valence-corrected chi connectivity index (χ0v) is 7.93. The van der Waals surface area contributed by atoms with Crippen LogP contribution in [0.1, 0.15) is 12.8 Å². The van der Waals surface area contributed by atoms with Crippen LogP contribution in [0.2, 0.25) is 0 Å². The van der Waals surface area contributed by atoms with Crippen LogP contribution in [0.4, 0.5) is 0 Å². The summed E-state index contributed by atoms with van der Waals surface area (Å²) >= 11 is 0. The largest absolute Gasteiger partial charge is 0.468 e. The number of methoxy groups -OCH3 is 1. The quantitative estimate of drug-likeness (QED) is 0.366. The first-order valence-electron chi connectivity index (χ1n) is 4.69. The molecule has 2 saturated carbocycles. The molecule has 2 rings (SSSR count). The highest BCUT2D eigenvalue weighted by molar-refractivity contribution is 5.97. The van der Waals surface area contributed by atoms with Crippen LogP contribution in [-0.4, -0.2) is 25.7 Å². The number of carbonyl (C=O) groups excluding carboxylic acids is 3. The van der Waals surface area contributed by atoms with E-state index in [4.69, 9.17) is 0 Å². The molecule has 0 amide bonds. The van der Waals surface area contributed by atoms with Crippen LogP contribution in [0.15, 0.2) is 0 Å². The van der Waals surface area contributed by atoms with E-state index in [0.717, 1.165) is 12.7 Å². The topological polar surface area (TPSA) is 60.4 Å². The second kappa shape index (κ2) is 2.90. The molecule has 0 radical (unpaired) electrons. The Bertz CT molecular complexity index is 298. The molecule has 0 heterocycles. The first-order chi connectivity index (χ1) is 6.69. The Hall–Kier alpha value is -1.19. The Balaban J connectivity index is 2.03. The molecule has 2 aliphatic carbocycles. The molecule has 2 fully saturated rings. The minimum atomic E-state index is -0.919. The molecular formula is C10H12O4. The molecule has 2 aliphatic rings. The number of hydrogen-bond donors (Lipinski definition) is 0. The van der Waals surface area contributed by atoms with E-state index >= 15 is 0 Å². The fraction of sp³-hybridized carbons (Fsp3) is 0.700. The van der Waals surface area contributed by atoms with Gasteiger partial charge in [0.1, 0.15) is 18.0 Å². The van der Waals surface area contributed by atoms with Crippen molar-refractivity contribution < 1.29 is 19.1 Å². The van der Waals surface area contributed by atoms with Crippen molar-refractivity contribution in [1.29, 1.82) is 0 Å². The Labute approximate surface area is 81.6 Å². The monoisotopic (exact) mass is 196 g/mol. The normalized spacial score (nSPS) is 43.9. The molecule has 0 aliphatic heterocycles. The molecule has 4 nitrogen and oxygen atoms in total. The first-order valence-corrected chi connectivity index (χ1v) is 4.69. The molecule has 14 heavy (non-hydrogen) atoms. The Kier molecular flexibility index (Phi) is 1.94. The van der Waals surface area contributed by atoms with Gasteiger partial charge in [0.05, 0.1) is 7.11 Å². The standard InChI is InChI=1S/C10H12O4/c1-14-9(13)10(5-12)3-8(10)7-2-6(7)4-11/h4-8H,2-3H2,1H3/t6-,7-,8+,10+/m0/s1. The summed E-state index contributed by atoms with van der Waals surface area (Å²) in [6.07, 6.45) is 2.97. The average Bonchev–Trinajstić information content (AvgIpc) is 3.08. The minimum Gasteiger partial charge on any atom is -0.468 e. The Morgan fingerprint density at radius 2 is 2.21 bits per heavy atom. The summed E-state index contributed by atoms with van der Waals surface area (Å²) in [4.78, 5) is 32.6. The Morgan fingerprint density at radius 1 is 1.50 bits per heavy atom. The summed E-state index contributed by atoms with van der Waals surface area (Å²) in [5, 5.41) is 0. The number of rotatable bonds is 4.